The monoisotopic (exact) mass is 266 g/mol. The summed E-state index contributed by atoms with van der Waals surface area (Å²) in [4.78, 5) is 24.2. The zero-order valence-corrected chi connectivity index (χ0v) is 11.8. The SMILES string of the molecule is CCN(CCCN(C)C)C(=O)c1cncc(NN)n1. The Hall–Kier alpha value is -1.73. The van der Waals surface area contributed by atoms with Crippen LogP contribution in [0.3, 0.4) is 0 Å². The van der Waals surface area contributed by atoms with Gasteiger partial charge in [0.2, 0.25) is 0 Å². The van der Waals surface area contributed by atoms with Crippen LogP contribution in [0.1, 0.15) is 23.8 Å². The Balaban J connectivity index is 2.66. The van der Waals surface area contributed by atoms with Crippen LogP contribution in [0.2, 0.25) is 0 Å². The van der Waals surface area contributed by atoms with E-state index in [9.17, 15) is 4.79 Å². The van der Waals surface area contributed by atoms with Crippen LogP contribution >= 0.6 is 0 Å². The standard InChI is InChI=1S/C12H22N6O/c1-4-18(7-5-6-17(2)3)12(19)10-8-14-9-11(15-10)16-13/h8-9H,4-7,13H2,1-3H3,(H,15,16). The third-order valence-electron chi connectivity index (χ3n) is 2.70. The number of nitrogen functional groups attached to an aromatic ring is 1. The molecule has 0 radical (unpaired) electrons. The number of carbonyl (C=O) groups is 1. The molecule has 0 aliphatic rings. The van der Waals surface area contributed by atoms with Gasteiger partial charge in [-0.05, 0) is 34.0 Å². The van der Waals surface area contributed by atoms with Crippen molar-refractivity contribution in [1.29, 1.82) is 0 Å². The number of carbonyl (C=O) groups excluding carboxylic acids is 1. The summed E-state index contributed by atoms with van der Waals surface area (Å²) in [7, 11) is 4.03. The van der Waals surface area contributed by atoms with Crippen molar-refractivity contribution < 1.29 is 4.79 Å². The van der Waals surface area contributed by atoms with Gasteiger partial charge in [-0.25, -0.2) is 10.8 Å². The lowest BCUT2D eigenvalue weighted by atomic mass is 10.3. The third kappa shape index (κ3) is 4.80. The lowest BCUT2D eigenvalue weighted by Gasteiger charge is -2.21. The Bertz CT molecular complexity index is 409. The van der Waals surface area contributed by atoms with Gasteiger partial charge in [0.15, 0.2) is 5.82 Å². The van der Waals surface area contributed by atoms with Gasteiger partial charge in [0, 0.05) is 13.1 Å². The molecule has 0 unspecified atom stereocenters. The molecule has 3 N–H and O–H groups in total. The Morgan fingerprint density at radius 1 is 1.37 bits per heavy atom. The van der Waals surface area contributed by atoms with Crippen LogP contribution in [0, 0.1) is 0 Å². The fourth-order valence-electron chi connectivity index (χ4n) is 1.68. The first kappa shape index (κ1) is 15.3. The van der Waals surface area contributed by atoms with Crippen molar-refractivity contribution in [2.75, 3.05) is 39.2 Å². The van der Waals surface area contributed by atoms with E-state index in [1.165, 1.54) is 12.4 Å². The van der Waals surface area contributed by atoms with Crippen LogP contribution in [-0.2, 0) is 0 Å². The molecular weight excluding hydrogens is 244 g/mol. The fourth-order valence-corrected chi connectivity index (χ4v) is 1.68. The third-order valence-corrected chi connectivity index (χ3v) is 2.70. The molecule has 0 saturated heterocycles. The second-order valence-corrected chi connectivity index (χ2v) is 4.48. The van der Waals surface area contributed by atoms with E-state index in [1.54, 1.807) is 4.90 Å². The molecule has 19 heavy (non-hydrogen) atoms. The lowest BCUT2D eigenvalue weighted by molar-refractivity contribution is 0.0753. The quantitative estimate of drug-likeness (QED) is 0.540. The van der Waals surface area contributed by atoms with Crippen molar-refractivity contribution >= 4 is 11.7 Å². The highest BCUT2D eigenvalue weighted by Gasteiger charge is 2.16. The Labute approximate surface area is 113 Å². The van der Waals surface area contributed by atoms with E-state index in [0.717, 1.165) is 13.0 Å². The molecule has 0 atom stereocenters. The average Bonchev–Trinajstić information content (AvgIpc) is 2.42. The van der Waals surface area contributed by atoms with Crippen molar-refractivity contribution in [3.05, 3.63) is 18.1 Å². The van der Waals surface area contributed by atoms with Crippen LogP contribution in [-0.4, -0.2) is 59.4 Å². The van der Waals surface area contributed by atoms with Crippen LogP contribution in [0.5, 0.6) is 0 Å². The van der Waals surface area contributed by atoms with Gasteiger partial charge in [-0.15, -0.1) is 0 Å². The molecule has 1 rings (SSSR count). The van der Waals surface area contributed by atoms with Crippen LogP contribution in [0.25, 0.3) is 0 Å². The van der Waals surface area contributed by atoms with E-state index < -0.39 is 0 Å². The van der Waals surface area contributed by atoms with Crippen molar-refractivity contribution in [2.45, 2.75) is 13.3 Å². The Morgan fingerprint density at radius 2 is 2.11 bits per heavy atom. The van der Waals surface area contributed by atoms with E-state index >= 15 is 0 Å². The van der Waals surface area contributed by atoms with Gasteiger partial charge in [-0.3, -0.25) is 9.78 Å². The summed E-state index contributed by atoms with van der Waals surface area (Å²) >= 11 is 0. The fraction of sp³-hybridized carbons (Fsp3) is 0.583. The van der Waals surface area contributed by atoms with Gasteiger partial charge in [0.1, 0.15) is 5.69 Å². The van der Waals surface area contributed by atoms with Crippen LogP contribution in [0.15, 0.2) is 12.4 Å². The molecule has 0 spiro atoms. The predicted molar refractivity (Wildman–Crippen MR) is 74.6 cm³/mol. The molecule has 0 aliphatic carbocycles. The number of rotatable bonds is 7. The molecule has 7 heteroatoms. The maximum atomic E-state index is 12.3. The summed E-state index contributed by atoms with van der Waals surface area (Å²) in [6.07, 6.45) is 3.85. The molecule has 1 amide bonds. The maximum Gasteiger partial charge on any atom is 0.274 e. The first-order chi connectivity index (χ1) is 9.08. The summed E-state index contributed by atoms with van der Waals surface area (Å²) in [5.74, 6) is 5.52. The largest absolute Gasteiger partial charge is 0.337 e. The van der Waals surface area contributed by atoms with E-state index in [2.05, 4.69) is 20.3 Å². The molecule has 0 aromatic carbocycles. The molecule has 1 aromatic heterocycles. The van der Waals surface area contributed by atoms with E-state index in [-0.39, 0.29) is 5.91 Å². The number of hydrogen-bond donors (Lipinski definition) is 2. The van der Waals surface area contributed by atoms with Crippen molar-refractivity contribution in [2.24, 2.45) is 5.84 Å². The summed E-state index contributed by atoms with van der Waals surface area (Å²) in [5.41, 5.74) is 2.69. The lowest BCUT2D eigenvalue weighted by Crippen LogP contribution is -2.34. The average molecular weight is 266 g/mol. The number of hydrazine groups is 1. The summed E-state index contributed by atoms with van der Waals surface area (Å²) in [6, 6.07) is 0. The molecule has 0 aliphatic heterocycles. The molecule has 106 valence electrons. The van der Waals surface area contributed by atoms with Gasteiger partial charge < -0.3 is 15.2 Å². The second-order valence-electron chi connectivity index (χ2n) is 4.48. The topological polar surface area (TPSA) is 87.4 Å². The number of anilines is 1. The zero-order chi connectivity index (χ0) is 14.3. The minimum Gasteiger partial charge on any atom is -0.337 e. The number of nitrogens with one attached hydrogen (secondary N) is 1. The maximum absolute atomic E-state index is 12.3. The van der Waals surface area contributed by atoms with E-state index in [4.69, 9.17) is 5.84 Å². The minimum absolute atomic E-state index is 0.120. The second kappa shape index (κ2) is 7.65. The highest BCUT2D eigenvalue weighted by atomic mass is 16.2. The van der Waals surface area contributed by atoms with Gasteiger partial charge in [-0.2, -0.15) is 0 Å². The molecule has 1 heterocycles. The normalized spacial score (nSPS) is 10.6. The van der Waals surface area contributed by atoms with Crippen molar-refractivity contribution in [1.82, 2.24) is 19.8 Å². The number of amides is 1. The summed E-state index contributed by atoms with van der Waals surface area (Å²) in [6.45, 7) is 4.25. The van der Waals surface area contributed by atoms with Gasteiger partial charge in [0.25, 0.3) is 5.91 Å². The Morgan fingerprint density at radius 3 is 2.68 bits per heavy atom. The van der Waals surface area contributed by atoms with E-state index in [0.29, 0.717) is 24.6 Å². The molecule has 1 aromatic rings. The highest BCUT2D eigenvalue weighted by Crippen LogP contribution is 2.05. The number of nitrogens with two attached hydrogens (primary N) is 1. The minimum atomic E-state index is -0.120. The Kier molecular flexibility index (Phi) is 6.17. The van der Waals surface area contributed by atoms with Gasteiger partial charge in [-0.1, -0.05) is 0 Å². The number of hydrogen-bond acceptors (Lipinski definition) is 6. The molecule has 0 saturated carbocycles. The van der Waals surface area contributed by atoms with Crippen LogP contribution < -0.4 is 11.3 Å². The zero-order valence-electron chi connectivity index (χ0n) is 11.8. The van der Waals surface area contributed by atoms with Crippen molar-refractivity contribution in [3.8, 4) is 0 Å². The van der Waals surface area contributed by atoms with Crippen molar-refractivity contribution in [3.63, 3.8) is 0 Å². The first-order valence-corrected chi connectivity index (χ1v) is 6.31. The first-order valence-electron chi connectivity index (χ1n) is 6.31. The highest BCUT2D eigenvalue weighted by molar-refractivity contribution is 5.92. The van der Waals surface area contributed by atoms with Crippen LogP contribution in [0.4, 0.5) is 5.82 Å². The smallest absolute Gasteiger partial charge is 0.274 e. The number of aromatic nitrogens is 2. The summed E-state index contributed by atoms with van der Waals surface area (Å²) in [5, 5.41) is 0. The molecule has 0 fully saturated rings. The summed E-state index contributed by atoms with van der Waals surface area (Å²) < 4.78 is 0. The van der Waals surface area contributed by atoms with Gasteiger partial charge in [0.05, 0.1) is 12.4 Å². The predicted octanol–water partition coefficient (Wildman–Crippen LogP) is 0.176. The number of nitrogens with zero attached hydrogens (tertiary/aromatic N) is 4. The van der Waals surface area contributed by atoms with Gasteiger partial charge >= 0.3 is 0 Å². The molecule has 7 nitrogen and oxygen atoms in total. The molecular formula is C12H22N6O. The molecule has 0 bridgehead atoms. The van der Waals surface area contributed by atoms with E-state index in [1.807, 2.05) is 21.0 Å².